The summed E-state index contributed by atoms with van der Waals surface area (Å²) in [4.78, 5) is 32.4. The van der Waals surface area contributed by atoms with Crippen LogP contribution >= 0.6 is 0 Å². The van der Waals surface area contributed by atoms with Crippen LogP contribution in [0, 0.1) is 0 Å². The average Bonchev–Trinajstić information content (AvgIpc) is 2.62. The van der Waals surface area contributed by atoms with E-state index in [1.807, 2.05) is 0 Å². The Balaban J connectivity index is 3.19. The second-order valence-corrected chi connectivity index (χ2v) is 5.03. The Morgan fingerprint density at radius 1 is 0.731 bits per heavy atom. The Bertz CT molecular complexity index is 409. The summed E-state index contributed by atoms with van der Waals surface area (Å²) in [5.74, 6) is -1.70. The van der Waals surface area contributed by atoms with E-state index in [0.717, 1.165) is 6.08 Å². The van der Waals surface area contributed by atoms with Gasteiger partial charge in [0, 0.05) is 18.9 Å². The lowest BCUT2D eigenvalue weighted by molar-refractivity contribution is -0.146. The van der Waals surface area contributed by atoms with Gasteiger partial charge < -0.3 is 28.8 Å². The minimum atomic E-state index is -0.866. The number of rotatable bonds is 18. The van der Waals surface area contributed by atoms with Crippen molar-refractivity contribution in [3.63, 3.8) is 0 Å². The smallest absolute Gasteiger partial charge is 0.330 e. The fourth-order valence-electron chi connectivity index (χ4n) is 1.63. The molecule has 9 heteroatoms. The van der Waals surface area contributed by atoms with Gasteiger partial charge in [0.1, 0.15) is 13.2 Å². The van der Waals surface area contributed by atoms with E-state index < -0.39 is 11.9 Å². The van der Waals surface area contributed by atoms with E-state index in [1.54, 1.807) is 0 Å². The lowest BCUT2D eigenvalue weighted by Gasteiger charge is -2.07. The van der Waals surface area contributed by atoms with E-state index in [2.05, 4.69) is 6.58 Å². The predicted molar refractivity (Wildman–Crippen MR) is 90.7 cm³/mol. The topological polar surface area (TPSA) is 118 Å². The van der Waals surface area contributed by atoms with Gasteiger partial charge in [0.15, 0.2) is 0 Å². The molecule has 0 unspecified atom stereocenters. The third-order valence-electron chi connectivity index (χ3n) is 2.89. The van der Waals surface area contributed by atoms with E-state index >= 15 is 0 Å². The Hall–Kier alpha value is -1.97. The zero-order valence-electron chi connectivity index (χ0n) is 15.0. The number of hydrogen-bond donors (Lipinski definition) is 1. The van der Waals surface area contributed by atoms with Crippen molar-refractivity contribution in [3.8, 4) is 0 Å². The Kier molecular flexibility index (Phi) is 16.5. The quantitative estimate of drug-likeness (QED) is 0.212. The molecule has 0 saturated heterocycles. The second kappa shape index (κ2) is 17.8. The molecule has 0 radical (unpaired) electrons. The molecule has 0 aliphatic heterocycles. The van der Waals surface area contributed by atoms with Gasteiger partial charge in [-0.1, -0.05) is 6.58 Å². The number of carbonyl (C=O) groups excluding carboxylic acids is 2. The minimum Gasteiger partial charge on any atom is -0.481 e. The molecule has 0 saturated carbocycles. The number of ether oxygens (including phenoxy) is 5. The predicted octanol–water partition coefficient (Wildman–Crippen LogP) is 0.954. The van der Waals surface area contributed by atoms with Gasteiger partial charge in [0.2, 0.25) is 0 Å². The first-order valence-electron chi connectivity index (χ1n) is 8.46. The standard InChI is InChI=1S/C17H28O9/c1-2-16(20)25-13-11-23-9-7-22-8-10-24-12-14-26-17(21)6-4-3-5-15(18)19/h2H,1,3-14H2,(H,18,19). The number of unbranched alkanes of at least 4 members (excludes halogenated alkanes) is 1. The van der Waals surface area contributed by atoms with Gasteiger partial charge in [-0.2, -0.15) is 0 Å². The van der Waals surface area contributed by atoms with Crippen LogP contribution in [0.2, 0.25) is 0 Å². The highest BCUT2D eigenvalue weighted by molar-refractivity contribution is 5.81. The van der Waals surface area contributed by atoms with Crippen molar-refractivity contribution in [2.75, 3.05) is 52.9 Å². The number of hydrogen-bond acceptors (Lipinski definition) is 8. The number of aliphatic carboxylic acids is 1. The summed E-state index contributed by atoms with van der Waals surface area (Å²) < 4.78 is 25.4. The van der Waals surface area contributed by atoms with Gasteiger partial charge in [-0.05, 0) is 12.8 Å². The lowest BCUT2D eigenvalue weighted by atomic mass is 10.2. The van der Waals surface area contributed by atoms with Crippen molar-refractivity contribution in [1.82, 2.24) is 0 Å². The highest BCUT2D eigenvalue weighted by atomic mass is 16.6. The Morgan fingerprint density at radius 2 is 1.19 bits per heavy atom. The maximum Gasteiger partial charge on any atom is 0.330 e. The number of esters is 2. The largest absolute Gasteiger partial charge is 0.481 e. The third-order valence-corrected chi connectivity index (χ3v) is 2.89. The first kappa shape index (κ1) is 24.0. The number of carbonyl (C=O) groups is 3. The van der Waals surface area contributed by atoms with Crippen LogP contribution in [-0.4, -0.2) is 75.9 Å². The van der Waals surface area contributed by atoms with E-state index in [-0.39, 0.29) is 38.6 Å². The molecule has 0 bridgehead atoms. The van der Waals surface area contributed by atoms with Crippen molar-refractivity contribution in [2.45, 2.75) is 25.7 Å². The summed E-state index contributed by atoms with van der Waals surface area (Å²) in [7, 11) is 0. The molecule has 26 heavy (non-hydrogen) atoms. The number of carboxylic acids is 1. The molecule has 0 aromatic heterocycles. The molecule has 9 nitrogen and oxygen atoms in total. The molecule has 0 aliphatic carbocycles. The van der Waals surface area contributed by atoms with E-state index in [1.165, 1.54) is 0 Å². The van der Waals surface area contributed by atoms with E-state index in [9.17, 15) is 14.4 Å². The maximum absolute atomic E-state index is 11.3. The van der Waals surface area contributed by atoms with Crippen LogP contribution in [-0.2, 0) is 38.1 Å². The van der Waals surface area contributed by atoms with Crippen molar-refractivity contribution >= 4 is 17.9 Å². The van der Waals surface area contributed by atoms with Crippen LogP contribution in [0.5, 0.6) is 0 Å². The van der Waals surface area contributed by atoms with Crippen molar-refractivity contribution in [2.24, 2.45) is 0 Å². The van der Waals surface area contributed by atoms with Crippen molar-refractivity contribution < 1.29 is 43.2 Å². The van der Waals surface area contributed by atoms with Gasteiger partial charge in [-0.25, -0.2) is 4.79 Å². The van der Waals surface area contributed by atoms with Crippen LogP contribution in [0.25, 0.3) is 0 Å². The molecule has 0 aromatic carbocycles. The fourth-order valence-corrected chi connectivity index (χ4v) is 1.63. The van der Waals surface area contributed by atoms with Crippen molar-refractivity contribution in [1.29, 1.82) is 0 Å². The van der Waals surface area contributed by atoms with E-state index in [0.29, 0.717) is 45.9 Å². The van der Waals surface area contributed by atoms with Gasteiger partial charge in [0.25, 0.3) is 0 Å². The summed E-state index contributed by atoms with van der Waals surface area (Å²) in [5, 5.41) is 8.46. The monoisotopic (exact) mass is 376 g/mol. The Morgan fingerprint density at radius 3 is 1.69 bits per heavy atom. The van der Waals surface area contributed by atoms with Crippen LogP contribution in [0.15, 0.2) is 12.7 Å². The molecule has 0 atom stereocenters. The summed E-state index contributed by atoms with van der Waals surface area (Å²) in [6.45, 7) is 5.70. The summed E-state index contributed by atoms with van der Waals surface area (Å²) >= 11 is 0. The van der Waals surface area contributed by atoms with E-state index in [4.69, 9.17) is 28.8 Å². The lowest BCUT2D eigenvalue weighted by Crippen LogP contribution is -2.15. The van der Waals surface area contributed by atoms with Crippen LogP contribution in [0.1, 0.15) is 25.7 Å². The summed E-state index contributed by atoms with van der Waals surface area (Å²) in [6.07, 6.45) is 2.32. The third kappa shape index (κ3) is 18.4. The fraction of sp³-hybridized carbons (Fsp3) is 0.706. The zero-order valence-corrected chi connectivity index (χ0v) is 15.0. The Labute approximate surface area is 153 Å². The highest BCUT2D eigenvalue weighted by Gasteiger charge is 2.04. The zero-order chi connectivity index (χ0) is 19.5. The highest BCUT2D eigenvalue weighted by Crippen LogP contribution is 2.01. The molecule has 1 N–H and O–H groups in total. The second-order valence-electron chi connectivity index (χ2n) is 5.03. The maximum atomic E-state index is 11.3. The molecular weight excluding hydrogens is 348 g/mol. The van der Waals surface area contributed by atoms with Crippen molar-refractivity contribution in [3.05, 3.63) is 12.7 Å². The first-order chi connectivity index (χ1) is 12.6. The van der Waals surface area contributed by atoms with Crippen LogP contribution in [0.3, 0.4) is 0 Å². The molecule has 0 spiro atoms. The van der Waals surface area contributed by atoms with Crippen LogP contribution < -0.4 is 0 Å². The number of carboxylic acid groups (broad SMARTS) is 1. The molecule has 0 aromatic rings. The van der Waals surface area contributed by atoms with Gasteiger partial charge >= 0.3 is 17.9 Å². The van der Waals surface area contributed by atoms with Gasteiger partial charge in [-0.3, -0.25) is 9.59 Å². The first-order valence-corrected chi connectivity index (χ1v) is 8.46. The molecule has 0 heterocycles. The normalized spacial score (nSPS) is 10.3. The molecule has 0 fully saturated rings. The summed E-state index contributed by atoms with van der Waals surface area (Å²) in [6, 6.07) is 0. The van der Waals surface area contributed by atoms with Gasteiger partial charge in [0.05, 0.1) is 39.6 Å². The summed E-state index contributed by atoms with van der Waals surface area (Å²) in [5.41, 5.74) is 0. The molecular formula is C17H28O9. The van der Waals surface area contributed by atoms with Gasteiger partial charge in [-0.15, -0.1) is 0 Å². The average molecular weight is 376 g/mol. The van der Waals surface area contributed by atoms with Crippen LogP contribution in [0.4, 0.5) is 0 Å². The molecule has 0 amide bonds. The SMILES string of the molecule is C=CC(=O)OCCOCCOCCOCCOC(=O)CCCCC(=O)O. The minimum absolute atomic E-state index is 0.0597. The molecule has 150 valence electrons. The molecule has 0 aliphatic rings. The molecule has 0 rings (SSSR count).